The van der Waals surface area contributed by atoms with Crippen molar-refractivity contribution in [1.29, 1.82) is 0 Å². The van der Waals surface area contributed by atoms with Gasteiger partial charge < -0.3 is 24.8 Å². The second kappa shape index (κ2) is 9.71. The molecule has 0 saturated carbocycles. The van der Waals surface area contributed by atoms with Gasteiger partial charge in [-0.1, -0.05) is 23.8 Å². The quantitative estimate of drug-likeness (QED) is 0.696. The molecular weight excluding hydrogens is 344 g/mol. The number of urea groups is 1. The first-order chi connectivity index (χ1) is 12.9. The van der Waals surface area contributed by atoms with Crippen LogP contribution in [0.2, 0.25) is 0 Å². The van der Waals surface area contributed by atoms with Gasteiger partial charge in [0.1, 0.15) is 12.4 Å². The normalized spacial score (nSPS) is 10.3. The molecular formula is C21H28N2O4. The number of nitrogens with one attached hydrogen (secondary N) is 2. The van der Waals surface area contributed by atoms with E-state index in [2.05, 4.69) is 29.7 Å². The van der Waals surface area contributed by atoms with Crippen molar-refractivity contribution in [2.45, 2.75) is 27.3 Å². The molecule has 6 nitrogen and oxygen atoms in total. The van der Waals surface area contributed by atoms with E-state index >= 15 is 0 Å². The van der Waals surface area contributed by atoms with Crippen LogP contribution in [-0.2, 0) is 6.54 Å². The van der Waals surface area contributed by atoms with Gasteiger partial charge in [0.15, 0.2) is 11.5 Å². The van der Waals surface area contributed by atoms with Crippen molar-refractivity contribution in [3.05, 3.63) is 52.6 Å². The smallest absolute Gasteiger partial charge is 0.315 e. The summed E-state index contributed by atoms with van der Waals surface area (Å²) >= 11 is 0. The van der Waals surface area contributed by atoms with Crippen molar-refractivity contribution in [1.82, 2.24) is 10.6 Å². The van der Waals surface area contributed by atoms with Crippen molar-refractivity contribution in [2.75, 3.05) is 27.4 Å². The number of hydrogen-bond acceptors (Lipinski definition) is 4. The lowest BCUT2D eigenvalue weighted by Crippen LogP contribution is -2.37. The maximum atomic E-state index is 12.0. The number of hydrogen-bond donors (Lipinski definition) is 2. The first-order valence-electron chi connectivity index (χ1n) is 8.88. The molecule has 0 aliphatic heterocycles. The highest BCUT2D eigenvalue weighted by Gasteiger charge is 2.07. The first-order valence-corrected chi connectivity index (χ1v) is 8.88. The fraction of sp³-hybridized carbons (Fsp3) is 0.381. The van der Waals surface area contributed by atoms with Gasteiger partial charge in [-0.05, 0) is 49.6 Å². The molecule has 2 aromatic rings. The minimum atomic E-state index is -0.245. The van der Waals surface area contributed by atoms with Crippen LogP contribution in [0.15, 0.2) is 30.3 Å². The zero-order chi connectivity index (χ0) is 19.8. The standard InChI is InChI=1S/C21H28N2O4/c1-14-10-15(2)20(16(3)11-14)27-9-8-22-21(24)23-13-17-6-7-18(25-4)19(12-17)26-5/h6-7,10-12H,8-9,13H2,1-5H3,(H2,22,23,24). The summed E-state index contributed by atoms with van der Waals surface area (Å²) in [5.74, 6) is 2.17. The molecule has 0 atom stereocenters. The van der Waals surface area contributed by atoms with E-state index in [4.69, 9.17) is 14.2 Å². The fourth-order valence-electron chi connectivity index (χ4n) is 2.95. The van der Waals surface area contributed by atoms with Gasteiger partial charge in [-0.3, -0.25) is 0 Å². The minimum absolute atomic E-state index is 0.245. The van der Waals surface area contributed by atoms with Crippen LogP contribution in [-0.4, -0.2) is 33.4 Å². The zero-order valence-electron chi connectivity index (χ0n) is 16.6. The van der Waals surface area contributed by atoms with Crippen molar-refractivity contribution in [3.8, 4) is 17.2 Å². The maximum Gasteiger partial charge on any atom is 0.315 e. The highest BCUT2D eigenvalue weighted by atomic mass is 16.5. The molecule has 0 bridgehead atoms. The number of carbonyl (C=O) groups excluding carboxylic acids is 1. The molecule has 2 aromatic carbocycles. The van der Waals surface area contributed by atoms with Crippen LogP contribution in [0.25, 0.3) is 0 Å². The summed E-state index contributed by atoms with van der Waals surface area (Å²) in [6.07, 6.45) is 0. The average molecular weight is 372 g/mol. The molecule has 0 fully saturated rings. The molecule has 2 amide bonds. The zero-order valence-corrected chi connectivity index (χ0v) is 16.6. The summed E-state index contributed by atoms with van der Waals surface area (Å²) in [6, 6.07) is 9.47. The van der Waals surface area contributed by atoms with Gasteiger partial charge in [-0.15, -0.1) is 0 Å². The molecule has 27 heavy (non-hydrogen) atoms. The lowest BCUT2D eigenvalue weighted by atomic mass is 10.1. The SMILES string of the molecule is COc1ccc(CNC(=O)NCCOc2c(C)cc(C)cc2C)cc1OC. The fourth-order valence-corrected chi connectivity index (χ4v) is 2.95. The van der Waals surface area contributed by atoms with E-state index in [0.717, 1.165) is 22.4 Å². The van der Waals surface area contributed by atoms with Gasteiger partial charge in [0, 0.05) is 6.54 Å². The number of ether oxygens (including phenoxy) is 3. The lowest BCUT2D eigenvalue weighted by molar-refractivity contribution is 0.236. The van der Waals surface area contributed by atoms with E-state index in [1.807, 2.05) is 32.0 Å². The number of rotatable bonds is 8. The van der Waals surface area contributed by atoms with Gasteiger partial charge in [0.2, 0.25) is 0 Å². The van der Waals surface area contributed by atoms with Crippen molar-refractivity contribution >= 4 is 6.03 Å². The Morgan fingerprint density at radius 2 is 1.59 bits per heavy atom. The van der Waals surface area contributed by atoms with Crippen LogP contribution in [0, 0.1) is 20.8 Å². The number of benzene rings is 2. The second-order valence-electron chi connectivity index (χ2n) is 6.38. The highest BCUT2D eigenvalue weighted by Crippen LogP contribution is 2.27. The van der Waals surface area contributed by atoms with Gasteiger partial charge in [-0.25, -0.2) is 4.79 Å². The third-order valence-corrected chi connectivity index (χ3v) is 4.14. The van der Waals surface area contributed by atoms with E-state index in [1.165, 1.54) is 5.56 Å². The molecule has 0 spiro atoms. The largest absolute Gasteiger partial charge is 0.493 e. The number of methoxy groups -OCH3 is 2. The van der Waals surface area contributed by atoms with E-state index in [0.29, 0.717) is 31.2 Å². The first kappa shape index (κ1) is 20.4. The third kappa shape index (κ3) is 5.81. The van der Waals surface area contributed by atoms with Crippen LogP contribution >= 0.6 is 0 Å². The Hall–Kier alpha value is -2.89. The molecule has 6 heteroatoms. The third-order valence-electron chi connectivity index (χ3n) is 4.14. The van der Waals surface area contributed by atoms with Crippen LogP contribution in [0.5, 0.6) is 17.2 Å². The summed E-state index contributed by atoms with van der Waals surface area (Å²) in [6.45, 7) is 7.34. The monoisotopic (exact) mass is 372 g/mol. The summed E-state index contributed by atoms with van der Waals surface area (Å²) in [5.41, 5.74) is 4.34. The van der Waals surface area contributed by atoms with Gasteiger partial charge in [0.05, 0.1) is 20.8 Å². The molecule has 2 rings (SSSR count). The Morgan fingerprint density at radius 3 is 2.22 bits per heavy atom. The predicted molar refractivity (Wildman–Crippen MR) is 106 cm³/mol. The molecule has 146 valence electrons. The molecule has 0 aliphatic rings. The van der Waals surface area contributed by atoms with Gasteiger partial charge >= 0.3 is 6.03 Å². The average Bonchev–Trinajstić information content (AvgIpc) is 2.64. The molecule has 0 aromatic heterocycles. The molecule has 0 heterocycles. The summed E-state index contributed by atoms with van der Waals surface area (Å²) in [4.78, 5) is 12.0. The number of aryl methyl sites for hydroxylation is 3. The molecule has 2 N–H and O–H groups in total. The predicted octanol–water partition coefficient (Wildman–Crippen LogP) is 3.51. The minimum Gasteiger partial charge on any atom is -0.493 e. The van der Waals surface area contributed by atoms with Crippen LogP contribution in [0.1, 0.15) is 22.3 Å². The van der Waals surface area contributed by atoms with Crippen molar-refractivity contribution < 1.29 is 19.0 Å². The van der Waals surface area contributed by atoms with Gasteiger partial charge in [-0.2, -0.15) is 0 Å². The van der Waals surface area contributed by atoms with E-state index in [9.17, 15) is 4.79 Å². The van der Waals surface area contributed by atoms with E-state index in [-0.39, 0.29) is 6.03 Å². The Morgan fingerprint density at radius 1 is 0.926 bits per heavy atom. The topological polar surface area (TPSA) is 68.8 Å². The van der Waals surface area contributed by atoms with Crippen LogP contribution in [0.3, 0.4) is 0 Å². The van der Waals surface area contributed by atoms with Crippen molar-refractivity contribution in [2.24, 2.45) is 0 Å². The maximum absolute atomic E-state index is 12.0. The molecule has 0 saturated heterocycles. The van der Waals surface area contributed by atoms with Gasteiger partial charge in [0.25, 0.3) is 0 Å². The summed E-state index contributed by atoms with van der Waals surface area (Å²) in [5, 5.41) is 5.61. The Kier molecular flexibility index (Phi) is 7.34. The van der Waals surface area contributed by atoms with E-state index < -0.39 is 0 Å². The Balaban J connectivity index is 1.76. The number of carbonyl (C=O) groups is 1. The molecule has 0 unspecified atom stereocenters. The summed E-state index contributed by atoms with van der Waals surface area (Å²) in [7, 11) is 3.17. The van der Waals surface area contributed by atoms with E-state index in [1.54, 1.807) is 14.2 Å². The lowest BCUT2D eigenvalue weighted by Gasteiger charge is -2.14. The Bertz CT molecular complexity index is 767. The summed E-state index contributed by atoms with van der Waals surface area (Å²) < 4.78 is 16.3. The second-order valence-corrected chi connectivity index (χ2v) is 6.38. The molecule has 0 radical (unpaired) electrons. The molecule has 0 aliphatic carbocycles. The Labute approximate surface area is 160 Å². The highest BCUT2D eigenvalue weighted by molar-refractivity contribution is 5.73. The van der Waals surface area contributed by atoms with Crippen molar-refractivity contribution in [3.63, 3.8) is 0 Å². The van der Waals surface area contributed by atoms with Crippen LogP contribution in [0.4, 0.5) is 4.79 Å². The van der Waals surface area contributed by atoms with Crippen LogP contribution < -0.4 is 24.8 Å². The number of amides is 2.